The van der Waals surface area contributed by atoms with Gasteiger partial charge >= 0.3 is 11.6 Å². The number of benzene rings is 1. The van der Waals surface area contributed by atoms with Gasteiger partial charge in [-0.25, -0.2) is 9.59 Å². The number of fused-ring (bicyclic) bond motifs is 1. The molecule has 116 valence electrons. The molecule has 0 radical (unpaired) electrons. The largest absolute Gasteiger partial charge is 0.507 e. The first-order valence-electron chi connectivity index (χ1n) is 6.65. The molecule has 0 bridgehead atoms. The summed E-state index contributed by atoms with van der Waals surface area (Å²) in [4.78, 5) is 23.5. The van der Waals surface area contributed by atoms with E-state index in [0.29, 0.717) is 11.1 Å². The standard InChI is InChI=1S/C15H14O7/c1-6-3-7-4-8(16)12(13(17)11(7)15(19)21-6)9-5-10(20-2)14(18)22-9/h3-4,9-10,16-17H,5H2,1-2H3/t9?,10-/m1/s1. The van der Waals surface area contributed by atoms with E-state index in [4.69, 9.17) is 13.9 Å². The van der Waals surface area contributed by atoms with Gasteiger partial charge in [0.1, 0.15) is 28.7 Å². The maximum atomic E-state index is 11.9. The number of ether oxygens (including phenoxy) is 2. The molecule has 0 amide bonds. The molecule has 1 unspecified atom stereocenters. The summed E-state index contributed by atoms with van der Waals surface area (Å²) in [5, 5.41) is 20.8. The van der Waals surface area contributed by atoms with Gasteiger partial charge in [-0.05, 0) is 24.4 Å². The van der Waals surface area contributed by atoms with E-state index in [2.05, 4.69) is 0 Å². The zero-order valence-corrected chi connectivity index (χ0v) is 12.0. The molecule has 0 saturated carbocycles. The topological polar surface area (TPSA) is 106 Å². The normalized spacial score (nSPS) is 21.3. The van der Waals surface area contributed by atoms with Crippen molar-refractivity contribution in [2.75, 3.05) is 7.11 Å². The first kappa shape index (κ1) is 14.4. The Morgan fingerprint density at radius 2 is 2.00 bits per heavy atom. The molecule has 1 saturated heterocycles. The number of phenols is 2. The fourth-order valence-corrected chi connectivity index (χ4v) is 2.71. The molecule has 1 fully saturated rings. The third-order valence-electron chi connectivity index (χ3n) is 3.72. The molecule has 3 rings (SSSR count). The number of aromatic hydroxyl groups is 2. The molecule has 22 heavy (non-hydrogen) atoms. The third-order valence-corrected chi connectivity index (χ3v) is 3.72. The van der Waals surface area contributed by atoms with Crippen molar-refractivity contribution in [1.29, 1.82) is 0 Å². The quantitative estimate of drug-likeness (QED) is 0.810. The lowest BCUT2D eigenvalue weighted by molar-refractivity contribution is -0.148. The van der Waals surface area contributed by atoms with Crippen LogP contribution in [-0.4, -0.2) is 29.4 Å². The van der Waals surface area contributed by atoms with E-state index in [1.807, 2.05) is 0 Å². The fourth-order valence-electron chi connectivity index (χ4n) is 2.71. The number of carbonyl (C=O) groups is 1. The number of hydrogen-bond acceptors (Lipinski definition) is 7. The number of methoxy groups -OCH3 is 1. The molecular weight excluding hydrogens is 292 g/mol. The van der Waals surface area contributed by atoms with E-state index in [0.717, 1.165) is 0 Å². The van der Waals surface area contributed by atoms with Crippen LogP contribution in [0.3, 0.4) is 0 Å². The number of rotatable bonds is 2. The average molecular weight is 306 g/mol. The molecule has 2 aromatic rings. The minimum absolute atomic E-state index is 0.0171. The lowest BCUT2D eigenvalue weighted by Gasteiger charge is -2.14. The molecule has 7 heteroatoms. The van der Waals surface area contributed by atoms with Crippen LogP contribution in [0.4, 0.5) is 0 Å². The van der Waals surface area contributed by atoms with Crippen LogP contribution in [0.25, 0.3) is 10.8 Å². The molecule has 2 N–H and O–H groups in total. The second-order valence-electron chi connectivity index (χ2n) is 5.15. The van der Waals surface area contributed by atoms with Gasteiger partial charge in [-0.3, -0.25) is 0 Å². The monoisotopic (exact) mass is 306 g/mol. The van der Waals surface area contributed by atoms with Crippen LogP contribution in [0, 0.1) is 6.92 Å². The predicted molar refractivity (Wildman–Crippen MR) is 74.8 cm³/mol. The molecule has 2 heterocycles. The average Bonchev–Trinajstić information content (AvgIpc) is 2.78. The van der Waals surface area contributed by atoms with Gasteiger partial charge in [0.05, 0.1) is 5.56 Å². The molecule has 1 aromatic heterocycles. The zero-order valence-electron chi connectivity index (χ0n) is 12.0. The van der Waals surface area contributed by atoms with Gasteiger partial charge in [-0.15, -0.1) is 0 Å². The van der Waals surface area contributed by atoms with E-state index < -0.39 is 29.6 Å². The SMILES string of the molecule is CO[C@@H]1CC(c2c(O)cc3cc(C)oc(=O)c3c2O)OC1=O. The van der Waals surface area contributed by atoms with E-state index >= 15 is 0 Å². The summed E-state index contributed by atoms with van der Waals surface area (Å²) in [6.45, 7) is 1.59. The van der Waals surface area contributed by atoms with Crippen molar-refractivity contribution >= 4 is 16.7 Å². The zero-order chi connectivity index (χ0) is 16.0. The Balaban J connectivity index is 2.19. The van der Waals surface area contributed by atoms with Crippen LogP contribution in [0.2, 0.25) is 0 Å². The number of aryl methyl sites for hydroxylation is 1. The van der Waals surface area contributed by atoms with E-state index in [-0.39, 0.29) is 23.1 Å². The summed E-state index contributed by atoms with van der Waals surface area (Å²) >= 11 is 0. The summed E-state index contributed by atoms with van der Waals surface area (Å²) in [5.74, 6) is -0.930. The van der Waals surface area contributed by atoms with Gasteiger partial charge < -0.3 is 24.1 Å². The highest BCUT2D eigenvalue weighted by atomic mass is 16.6. The molecule has 0 spiro atoms. The number of phenolic OH excluding ortho intramolecular Hbond substituents is 2. The highest BCUT2D eigenvalue weighted by Crippen LogP contribution is 2.43. The van der Waals surface area contributed by atoms with E-state index in [1.54, 1.807) is 6.92 Å². The second-order valence-corrected chi connectivity index (χ2v) is 5.15. The Bertz CT molecular complexity index is 821. The summed E-state index contributed by atoms with van der Waals surface area (Å²) < 4.78 is 15.0. The van der Waals surface area contributed by atoms with Gasteiger partial charge in [-0.2, -0.15) is 0 Å². The summed E-state index contributed by atoms with van der Waals surface area (Å²) in [5.41, 5.74) is -0.738. The van der Waals surface area contributed by atoms with Gasteiger partial charge in [0.15, 0.2) is 6.10 Å². The summed E-state index contributed by atoms with van der Waals surface area (Å²) in [7, 11) is 1.37. The summed E-state index contributed by atoms with van der Waals surface area (Å²) in [6, 6.07) is 2.86. The van der Waals surface area contributed by atoms with Crippen molar-refractivity contribution in [2.45, 2.75) is 25.6 Å². The number of carbonyl (C=O) groups excluding carboxylic acids is 1. The Kier molecular flexibility index (Phi) is 3.29. The molecule has 1 aliphatic heterocycles. The van der Waals surface area contributed by atoms with E-state index in [1.165, 1.54) is 19.2 Å². The highest BCUT2D eigenvalue weighted by Gasteiger charge is 2.38. The lowest BCUT2D eigenvalue weighted by atomic mass is 9.99. The number of cyclic esters (lactones) is 1. The Labute approximate surface area is 124 Å². The summed E-state index contributed by atoms with van der Waals surface area (Å²) in [6.07, 6.45) is -1.52. The number of esters is 1. The third kappa shape index (κ3) is 2.10. The van der Waals surface area contributed by atoms with Crippen molar-refractivity contribution < 1.29 is 28.9 Å². The molecule has 1 aliphatic rings. The Morgan fingerprint density at radius 3 is 2.64 bits per heavy atom. The van der Waals surface area contributed by atoms with Crippen molar-refractivity contribution in [1.82, 2.24) is 0 Å². The lowest BCUT2D eigenvalue weighted by Crippen LogP contribution is -2.15. The maximum absolute atomic E-state index is 11.9. The first-order valence-corrected chi connectivity index (χ1v) is 6.65. The predicted octanol–water partition coefficient (Wildman–Crippen LogP) is 1.52. The fraction of sp³-hybridized carbons (Fsp3) is 0.333. The Hall–Kier alpha value is -2.54. The van der Waals surface area contributed by atoms with E-state index in [9.17, 15) is 19.8 Å². The molecule has 0 aliphatic carbocycles. The van der Waals surface area contributed by atoms with Crippen molar-refractivity contribution in [3.8, 4) is 11.5 Å². The van der Waals surface area contributed by atoms with Gasteiger partial charge in [0.2, 0.25) is 0 Å². The molecule has 2 atom stereocenters. The second kappa shape index (κ2) is 5.03. The molecule has 7 nitrogen and oxygen atoms in total. The van der Waals surface area contributed by atoms with Crippen LogP contribution in [0.5, 0.6) is 11.5 Å². The van der Waals surface area contributed by atoms with Gasteiger partial charge in [0.25, 0.3) is 0 Å². The van der Waals surface area contributed by atoms with Crippen LogP contribution in [0.15, 0.2) is 21.3 Å². The van der Waals surface area contributed by atoms with Gasteiger partial charge in [-0.1, -0.05) is 0 Å². The van der Waals surface area contributed by atoms with Crippen molar-refractivity contribution in [3.63, 3.8) is 0 Å². The van der Waals surface area contributed by atoms with Crippen LogP contribution in [0.1, 0.15) is 23.8 Å². The molecular formula is C15H14O7. The highest BCUT2D eigenvalue weighted by molar-refractivity contribution is 5.91. The minimum Gasteiger partial charge on any atom is -0.507 e. The van der Waals surface area contributed by atoms with Gasteiger partial charge in [0, 0.05) is 13.5 Å². The maximum Gasteiger partial charge on any atom is 0.347 e. The Morgan fingerprint density at radius 1 is 1.27 bits per heavy atom. The molecule has 1 aromatic carbocycles. The van der Waals surface area contributed by atoms with Crippen LogP contribution < -0.4 is 5.63 Å². The van der Waals surface area contributed by atoms with Crippen LogP contribution in [-0.2, 0) is 14.3 Å². The minimum atomic E-state index is -0.887. The number of hydrogen-bond donors (Lipinski definition) is 2. The van der Waals surface area contributed by atoms with Crippen LogP contribution >= 0.6 is 0 Å². The van der Waals surface area contributed by atoms with Crippen molar-refractivity contribution in [3.05, 3.63) is 33.9 Å². The smallest absolute Gasteiger partial charge is 0.347 e. The first-order chi connectivity index (χ1) is 10.4. The van der Waals surface area contributed by atoms with Crippen molar-refractivity contribution in [2.24, 2.45) is 0 Å².